The van der Waals surface area contributed by atoms with Crippen LogP contribution in [0.15, 0.2) is 36.4 Å². The number of nitrogens with two attached hydrogens (primary N) is 1. The maximum Gasteiger partial charge on any atom is 0.184 e. The van der Waals surface area contributed by atoms with Gasteiger partial charge in [-0.2, -0.15) is 10.4 Å². The van der Waals surface area contributed by atoms with E-state index in [1.807, 2.05) is 18.2 Å². The molecule has 1 aliphatic heterocycles. The van der Waals surface area contributed by atoms with Gasteiger partial charge in [0.25, 0.3) is 0 Å². The molecule has 0 aliphatic carbocycles. The van der Waals surface area contributed by atoms with Gasteiger partial charge in [0.1, 0.15) is 29.2 Å². The second kappa shape index (κ2) is 9.68. The number of aromatic hydroxyl groups is 1. The average Bonchev–Trinajstić information content (AvgIpc) is 3.23. The van der Waals surface area contributed by atoms with Crippen molar-refractivity contribution >= 4 is 34.9 Å². The van der Waals surface area contributed by atoms with Gasteiger partial charge in [-0.25, -0.2) is 9.37 Å². The number of hydrogen-bond acceptors (Lipinski definition) is 7. The van der Waals surface area contributed by atoms with Crippen molar-refractivity contribution in [2.45, 2.75) is 19.3 Å². The number of benzene rings is 2. The molecule has 180 valence electrons. The molecule has 1 saturated heterocycles. The predicted octanol–water partition coefficient (Wildman–Crippen LogP) is 5.01. The minimum absolute atomic E-state index is 0. The number of phenolic OH excluding ortho intramolecular Hbond substituents is 1. The highest BCUT2D eigenvalue weighted by molar-refractivity contribution is 6.05. The highest BCUT2D eigenvalue weighted by Gasteiger charge is 2.24. The summed E-state index contributed by atoms with van der Waals surface area (Å²) >= 11 is 0. The van der Waals surface area contributed by atoms with Gasteiger partial charge in [0, 0.05) is 30.3 Å². The molecule has 0 radical (unpaired) electrons. The molecule has 0 bridgehead atoms. The second-order valence-electron chi connectivity index (χ2n) is 8.26. The van der Waals surface area contributed by atoms with E-state index in [0.717, 1.165) is 37.7 Å². The maximum absolute atomic E-state index is 14.8. The van der Waals surface area contributed by atoms with E-state index in [0.29, 0.717) is 22.3 Å². The number of rotatable bonds is 4. The molecule has 5 rings (SSSR count). The second-order valence-corrected chi connectivity index (χ2v) is 8.26. The van der Waals surface area contributed by atoms with Crippen molar-refractivity contribution in [3.63, 3.8) is 0 Å². The highest BCUT2D eigenvalue weighted by Crippen LogP contribution is 2.42. The largest absolute Gasteiger partial charge is 0.508 e. The van der Waals surface area contributed by atoms with E-state index < -0.39 is 5.82 Å². The van der Waals surface area contributed by atoms with Crippen molar-refractivity contribution < 1.29 is 14.2 Å². The molecule has 8 nitrogen and oxygen atoms in total. The van der Waals surface area contributed by atoms with Gasteiger partial charge in [0.15, 0.2) is 5.65 Å². The van der Waals surface area contributed by atoms with Gasteiger partial charge in [-0.15, -0.1) is 12.4 Å². The van der Waals surface area contributed by atoms with Gasteiger partial charge in [-0.05, 0) is 49.1 Å². The van der Waals surface area contributed by atoms with Crippen molar-refractivity contribution in [3.8, 4) is 40.0 Å². The summed E-state index contributed by atoms with van der Waals surface area (Å²) in [5.74, 6) is 0.0115. The number of piperidine rings is 1. The molecule has 35 heavy (non-hydrogen) atoms. The van der Waals surface area contributed by atoms with Gasteiger partial charge < -0.3 is 20.5 Å². The Morgan fingerprint density at radius 2 is 1.94 bits per heavy atom. The van der Waals surface area contributed by atoms with E-state index in [1.165, 1.54) is 18.6 Å². The molecule has 0 atom stereocenters. The van der Waals surface area contributed by atoms with Crippen molar-refractivity contribution in [1.82, 2.24) is 15.2 Å². The Bertz CT molecular complexity index is 1440. The summed E-state index contributed by atoms with van der Waals surface area (Å²) in [7, 11) is 1.61. The quantitative estimate of drug-likeness (QED) is 0.364. The average molecular weight is 495 g/mol. The third-order valence-corrected chi connectivity index (χ3v) is 6.21. The normalized spacial score (nSPS) is 13.3. The fourth-order valence-corrected chi connectivity index (χ4v) is 4.60. The van der Waals surface area contributed by atoms with E-state index in [2.05, 4.69) is 26.2 Å². The smallest absolute Gasteiger partial charge is 0.184 e. The van der Waals surface area contributed by atoms with Crippen LogP contribution >= 0.6 is 12.4 Å². The molecular weight excluding hydrogens is 471 g/mol. The number of halogens is 2. The summed E-state index contributed by atoms with van der Waals surface area (Å²) in [4.78, 5) is 6.74. The third kappa shape index (κ3) is 4.17. The van der Waals surface area contributed by atoms with Gasteiger partial charge in [-0.3, -0.25) is 5.10 Å². The van der Waals surface area contributed by atoms with Crippen LogP contribution in [0.5, 0.6) is 11.5 Å². The molecule has 0 amide bonds. The van der Waals surface area contributed by atoms with Crippen LogP contribution in [0.25, 0.3) is 33.4 Å². The molecule has 4 N–H and O–H groups in total. The lowest BCUT2D eigenvalue weighted by atomic mass is 9.93. The van der Waals surface area contributed by atoms with Crippen molar-refractivity contribution in [2.24, 2.45) is 0 Å². The zero-order valence-corrected chi connectivity index (χ0v) is 19.8. The predicted molar refractivity (Wildman–Crippen MR) is 135 cm³/mol. The number of methoxy groups -OCH3 is 1. The molecule has 0 unspecified atom stereocenters. The number of pyridine rings is 1. The number of aromatic amines is 1. The van der Waals surface area contributed by atoms with Crippen molar-refractivity contribution in [1.29, 1.82) is 5.26 Å². The zero-order chi connectivity index (χ0) is 23.8. The Balaban J connectivity index is 0.00000289. The molecule has 0 spiro atoms. The highest BCUT2D eigenvalue weighted by atomic mass is 35.5. The van der Waals surface area contributed by atoms with E-state index >= 15 is 0 Å². The number of nitrogens with zero attached hydrogens (tertiary/aromatic N) is 4. The van der Waals surface area contributed by atoms with Crippen molar-refractivity contribution in [3.05, 3.63) is 47.8 Å². The number of nitriles is 1. The van der Waals surface area contributed by atoms with Crippen LogP contribution in [-0.2, 0) is 0 Å². The maximum atomic E-state index is 14.8. The van der Waals surface area contributed by atoms with E-state index in [4.69, 9.17) is 10.5 Å². The Hall–Kier alpha value is -4.03. The lowest BCUT2D eigenvalue weighted by Crippen LogP contribution is -2.29. The molecule has 10 heteroatoms. The Labute approximate surface area is 207 Å². The third-order valence-electron chi connectivity index (χ3n) is 6.21. The fourth-order valence-electron chi connectivity index (χ4n) is 4.60. The zero-order valence-electron chi connectivity index (χ0n) is 19.0. The van der Waals surface area contributed by atoms with Crippen LogP contribution in [0.1, 0.15) is 24.8 Å². The molecule has 1 fully saturated rings. The number of hydrogen-bond donors (Lipinski definition) is 3. The number of H-pyrrole nitrogens is 1. The number of nitrogens with one attached hydrogen (secondary N) is 1. The number of fused-ring (bicyclic) bond motifs is 1. The molecule has 2 aromatic carbocycles. The van der Waals surface area contributed by atoms with Crippen LogP contribution < -0.4 is 15.4 Å². The van der Waals surface area contributed by atoms with E-state index in [9.17, 15) is 14.8 Å². The van der Waals surface area contributed by atoms with Crippen LogP contribution in [-0.4, -0.2) is 40.5 Å². The van der Waals surface area contributed by atoms with Gasteiger partial charge in [0.2, 0.25) is 0 Å². The number of nitrogen functional groups attached to an aromatic ring is 1. The summed E-state index contributed by atoms with van der Waals surface area (Å²) in [6, 6.07) is 11.7. The first kappa shape index (κ1) is 24.1. The SMILES string of the molecule is COc1cc(-c2c(C#N)c(-c3ccc(O)cc3F)nc3n[nH]c(N)c23)ccc1N1CCCCC1.Cl. The first-order valence-electron chi connectivity index (χ1n) is 11.0. The summed E-state index contributed by atoms with van der Waals surface area (Å²) in [5.41, 5.74) is 8.94. The Kier molecular flexibility index (Phi) is 6.67. The van der Waals surface area contributed by atoms with Crippen LogP contribution in [0.3, 0.4) is 0 Å². The topological polar surface area (TPSA) is 124 Å². The summed E-state index contributed by atoms with van der Waals surface area (Å²) in [6.07, 6.45) is 3.47. The summed E-state index contributed by atoms with van der Waals surface area (Å²) in [5, 5.41) is 27.2. The van der Waals surface area contributed by atoms with E-state index in [1.54, 1.807) is 7.11 Å². The van der Waals surface area contributed by atoms with Gasteiger partial charge in [-0.1, -0.05) is 6.07 Å². The number of aromatic nitrogens is 3. The van der Waals surface area contributed by atoms with Gasteiger partial charge >= 0.3 is 0 Å². The minimum Gasteiger partial charge on any atom is -0.508 e. The van der Waals surface area contributed by atoms with Crippen LogP contribution in [0.4, 0.5) is 15.9 Å². The molecule has 4 aromatic rings. The van der Waals surface area contributed by atoms with Crippen molar-refractivity contribution in [2.75, 3.05) is 30.8 Å². The number of anilines is 2. The van der Waals surface area contributed by atoms with Crippen LogP contribution in [0.2, 0.25) is 0 Å². The van der Waals surface area contributed by atoms with E-state index in [-0.39, 0.29) is 46.4 Å². The summed E-state index contributed by atoms with van der Waals surface area (Å²) in [6.45, 7) is 1.91. The standard InChI is InChI=1S/C25H23FN6O2.ClH/c1-34-20-11-14(5-8-19(20)32-9-3-2-4-10-32)21-17(13-27)23(16-7-6-15(33)12-18(16)26)29-25-22(21)24(28)30-31-25;/h5-8,11-12,33H,2-4,9-10H2,1H3,(H3,28,29,30,31);1H. The molecule has 2 aromatic heterocycles. The lowest BCUT2D eigenvalue weighted by Gasteiger charge is -2.30. The first-order chi connectivity index (χ1) is 16.5. The lowest BCUT2D eigenvalue weighted by molar-refractivity contribution is 0.413. The summed E-state index contributed by atoms with van der Waals surface area (Å²) < 4.78 is 20.5. The molecular formula is C25H24ClFN6O2. The Morgan fingerprint density at radius 3 is 2.63 bits per heavy atom. The molecule has 1 aliphatic rings. The molecule has 0 saturated carbocycles. The minimum atomic E-state index is -0.698. The molecule has 3 heterocycles. The number of phenols is 1. The monoisotopic (exact) mass is 494 g/mol. The number of ether oxygens (including phenoxy) is 1. The van der Waals surface area contributed by atoms with Gasteiger partial charge in [0.05, 0.1) is 29.4 Å². The van der Waals surface area contributed by atoms with Crippen LogP contribution in [0, 0.1) is 17.1 Å². The Morgan fingerprint density at radius 1 is 1.17 bits per heavy atom. The fraction of sp³-hybridized carbons (Fsp3) is 0.240. The first-order valence-corrected chi connectivity index (χ1v) is 11.0.